The smallest absolute Gasteiger partial charge is 0.262 e. The maximum atomic E-state index is 11.4. The lowest BCUT2D eigenvalue weighted by molar-refractivity contribution is -0.118. The van der Waals surface area contributed by atoms with Gasteiger partial charge in [-0.05, 0) is 24.8 Å². The molecular formula is C14H19N3O2. The molecule has 0 saturated carbocycles. The molecule has 0 unspecified atom stereocenters. The van der Waals surface area contributed by atoms with E-state index >= 15 is 0 Å². The number of carbonyl (C=O) groups excluding carboxylic acids is 1. The molecule has 5 nitrogen and oxygen atoms in total. The van der Waals surface area contributed by atoms with Gasteiger partial charge in [-0.15, -0.1) is 0 Å². The first-order valence-corrected chi connectivity index (χ1v) is 6.74. The van der Waals surface area contributed by atoms with Gasteiger partial charge in [-0.25, -0.2) is 0 Å². The minimum Gasteiger partial charge on any atom is -0.482 e. The van der Waals surface area contributed by atoms with Crippen LogP contribution in [-0.4, -0.2) is 25.6 Å². The topological polar surface area (TPSA) is 67.6 Å². The van der Waals surface area contributed by atoms with Crippen molar-refractivity contribution in [2.24, 2.45) is 5.92 Å². The molecule has 2 heterocycles. The third kappa shape index (κ3) is 2.32. The van der Waals surface area contributed by atoms with E-state index < -0.39 is 0 Å². The third-order valence-corrected chi connectivity index (χ3v) is 3.89. The summed E-state index contributed by atoms with van der Waals surface area (Å²) in [4.78, 5) is 13.6. The van der Waals surface area contributed by atoms with Crippen LogP contribution in [0.1, 0.15) is 19.8 Å². The maximum absolute atomic E-state index is 11.4. The number of nitrogens with two attached hydrogens (primary N) is 1. The Bertz CT molecular complexity index is 508. The van der Waals surface area contributed by atoms with Crippen molar-refractivity contribution in [2.75, 3.05) is 35.6 Å². The van der Waals surface area contributed by atoms with E-state index in [1.807, 2.05) is 12.1 Å². The number of carbonyl (C=O) groups is 1. The zero-order chi connectivity index (χ0) is 13.4. The number of rotatable bonds is 1. The Morgan fingerprint density at radius 1 is 1.37 bits per heavy atom. The summed E-state index contributed by atoms with van der Waals surface area (Å²) >= 11 is 0. The highest BCUT2D eigenvalue weighted by Crippen LogP contribution is 2.38. The average Bonchev–Trinajstić information content (AvgIpc) is 2.40. The van der Waals surface area contributed by atoms with Crippen molar-refractivity contribution in [3.8, 4) is 5.75 Å². The Morgan fingerprint density at radius 2 is 2.11 bits per heavy atom. The van der Waals surface area contributed by atoms with Crippen molar-refractivity contribution in [3.63, 3.8) is 0 Å². The van der Waals surface area contributed by atoms with Crippen molar-refractivity contribution in [1.29, 1.82) is 0 Å². The van der Waals surface area contributed by atoms with E-state index in [4.69, 9.17) is 10.5 Å². The van der Waals surface area contributed by atoms with Crippen molar-refractivity contribution in [2.45, 2.75) is 19.8 Å². The summed E-state index contributed by atoms with van der Waals surface area (Å²) in [5.41, 5.74) is 8.54. The molecule has 1 aromatic carbocycles. The van der Waals surface area contributed by atoms with E-state index in [2.05, 4.69) is 17.1 Å². The van der Waals surface area contributed by atoms with Crippen LogP contribution in [0.4, 0.5) is 17.1 Å². The molecule has 1 saturated heterocycles. The molecule has 0 bridgehead atoms. The standard InChI is InChI=1S/C14H19N3O2/c1-9-2-4-17(5-3-9)12-7-11-13(6-10(12)15)19-8-14(18)16-11/h6-7,9H,2-5,8,15H2,1H3,(H,16,18). The number of benzene rings is 1. The number of piperidine rings is 1. The fraction of sp³-hybridized carbons (Fsp3) is 0.500. The molecule has 0 radical (unpaired) electrons. The molecule has 19 heavy (non-hydrogen) atoms. The molecule has 1 fully saturated rings. The van der Waals surface area contributed by atoms with Gasteiger partial charge in [0.1, 0.15) is 5.75 Å². The monoisotopic (exact) mass is 261 g/mol. The van der Waals surface area contributed by atoms with Crippen molar-refractivity contribution < 1.29 is 9.53 Å². The van der Waals surface area contributed by atoms with Gasteiger partial charge in [0.15, 0.2) is 6.61 Å². The number of hydrogen-bond acceptors (Lipinski definition) is 4. The van der Waals surface area contributed by atoms with Gasteiger partial charge < -0.3 is 20.7 Å². The van der Waals surface area contributed by atoms with E-state index in [1.54, 1.807) is 0 Å². The predicted molar refractivity (Wildman–Crippen MR) is 75.6 cm³/mol. The summed E-state index contributed by atoms with van der Waals surface area (Å²) in [6, 6.07) is 3.74. The van der Waals surface area contributed by atoms with E-state index in [0.717, 1.165) is 30.4 Å². The average molecular weight is 261 g/mol. The second-order valence-electron chi connectivity index (χ2n) is 5.41. The summed E-state index contributed by atoms with van der Waals surface area (Å²) in [5.74, 6) is 1.32. The first-order chi connectivity index (χ1) is 9.13. The summed E-state index contributed by atoms with van der Waals surface area (Å²) in [6.45, 7) is 4.37. The molecule has 5 heteroatoms. The van der Waals surface area contributed by atoms with Crippen molar-refractivity contribution in [1.82, 2.24) is 0 Å². The summed E-state index contributed by atoms with van der Waals surface area (Å²) in [5, 5.41) is 2.83. The fourth-order valence-corrected chi connectivity index (χ4v) is 2.65. The molecule has 1 aromatic rings. The molecule has 2 aliphatic heterocycles. The molecule has 3 N–H and O–H groups in total. The van der Waals surface area contributed by atoms with E-state index in [9.17, 15) is 4.79 Å². The second kappa shape index (κ2) is 4.64. The van der Waals surface area contributed by atoms with Gasteiger partial charge in [-0.3, -0.25) is 4.79 Å². The highest BCUT2D eigenvalue weighted by atomic mass is 16.5. The van der Waals surface area contributed by atoms with Crippen LogP contribution in [0, 0.1) is 5.92 Å². The Labute approximate surface area is 112 Å². The Morgan fingerprint density at radius 3 is 2.84 bits per heavy atom. The molecular weight excluding hydrogens is 242 g/mol. The van der Waals surface area contributed by atoms with Gasteiger partial charge in [-0.1, -0.05) is 6.92 Å². The molecule has 102 valence electrons. The van der Waals surface area contributed by atoms with Crippen molar-refractivity contribution in [3.05, 3.63) is 12.1 Å². The molecule has 3 rings (SSSR count). The van der Waals surface area contributed by atoms with Crippen LogP contribution in [0.2, 0.25) is 0 Å². The van der Waals surface area contributed by atoms with Crippen LogP contribution in [0.3, 0.4) is 0 Å². The normalized spacial score (nSPS) is 19.6. The van der Waals surface area contributed by atoms with Gasteiger partial charge in [0.05, 0.1) is 17.1 Å². The summed E-state index contributed by atoms with van der Waals surface area (Å²) < 4.78 is 5.37. The Balaban J connectivity index is 1.89. The minimum absolute atomic E-state index is 0.0625. The number of nitrogens with one attached hydrogen (secondary N) is 1. The van der Waals surface area contributed by atoms with Crippen LogP contribution >= 0.6 is 0 Å². The molecule has 0 aromatic heterocycles. The number of nitrogens with zero attached hydrogens (tertiary/aromatic N) is 1. The van der Waals surface area contributed by atoms with E-state index in [-0.39, 0.29) is 12.5 Å². The quantitative estimate of drug-likeness (QED) is 0.757. The number of fused-ring (bicyclic) bond motifs is 1. The highest BCUT2D eigenvalue weighted by Gasteiger charge is 2.22. The minimum atomic E-state index is -0.115. The first-order valence-electron chi connectivity index (χ1n) is 6.74. The predicted octanol–water partition coefficient (Wildman–Crippen LogP) is 1.84. The van der Waals surface area contributed by atoms with Crippen molar-refractivity contribution >= 4 is 23.0 Å². The first kappa shape index (κ1) is 12.1. The van der Waals surface area contributed by atoms with Gasteiger partial charge in [0, 0.05) is 19.2 Å². The van der Waals surface area contributed by atoms with E-state index in [0.29, 0.717) is 11.4 Å². The lowest BCUT2D eigenvalue weighted by Crippen LogP contribution is -2.33. The van der Waals surface area contributed by atoms with Crippen LogP contribution in [-0.2, 0) is 4.79 Å². The maximum Gasteiger partial charge on any atom is 0.262 e. The van der Waals surface area contributed by atoms with Crippen LogP contribution < -0.4 is 20.7 Å². The second-order valence-corrected chi connectivity index (χ2v) is 5.41. The third-order valence-electron chi connectivity index (χ3n) is 3.89. The lowest BCUT2D eigenvalue weighted by atomic mass is 9.98. The number of anilines is 3. The van der Waals surface area contributed by atoms with Crippen LogP contribution in [0.15, 0.2) is 12.1 Å². The summed E-state index contributed by atoms with van der Waals surface area (Å²) in [7, 11) is 0. The van der Waals surface area contributed by atoms with E-state index in [1.165, 1.54) is 12.8 Å². The number of amides is 1. The molecule has 0 atom stereocenters. The summed E-state index contributed by atoms with van der Waals surface area (Å²) in [6.07, 6.45) is 2.36. The SMILES string of the molecule is CC1CCN(c2cc3c(cc2N)OCC(=O)N3)CC1. The molecule has 0 aliphatic carbocycles. The number of ether oxygens (including phenoxy) is 1. The molecule has 2 aliphatic rings. The van der Waals surface area contributed by atoms with Gasteiger partial charge in [0.25, 0.3) is 5.91 Å². The molecule has 1 amide bonds. The Hall–Kier alpha value is -1.91. The van der Waals surface area contributed by atoms with Gasteiger partial charge in [0.2, 0.25) is 0 Å². The fourth-order valence-electron chi connectivity index (χ4n) is 2.65. The zero-order valence-corrected chi connectivity index (χ0v) is 11.1. The van der Waals surface area contributed by atoms with Gasteiger partial charge in [-0.2, -0.15) is 0 Å². The number of hydrogen-bond donors (Lipinski definition) is 2. The van der Waals surface area contributed by atoms with Crippen LogP contribution in [0.5, 0.6) is 5.75 Å². The molecule has 0 spiro atoms. The number of nitrogen functional groups attached to an aromatic ring is 1. The lowest BCUT2D eigenvalue weighted by Gasteiger charge is -2.33. The highest BCUT2D eigenvalue weighted by molar-refractivity contribution is 5.97. The Kier molecular flexibility index (Phi) is 2.97. The zero-order valence-electron chi connectivity index (χ0n) is 11.1. The van der Waals surface area contributed by atoms with Gasteiger partial charge >= 0.3 is 0 Å². The largest absolute Gasteiger partial charge is 0.482 e. The van der Waals surface area contributed by atoms with Crippen LogP contribution in [0.25, 0.3) is 0 Å².